The zero-order chi connectivity index (χ0) is 29.2. The number of aromatic nitrogens is 3. The van der Waals surface area contributed by atoms with Gasteiger partial charge in [0.1, 0.15) is 12.4 Å². The Hall–Kier alpha value is -4.05. The molecule has 2 heterocycles. The van der Waals surface area contributed by atoms with E-state index in [2.05, 4.69) is 41.0 Å². The standard InChI is InChI=1S/C30H31F3N4O3/c1-17(2)26(28(38)39)40-16-24-36-23-15-18(25-22(30(31,32)33)7-6-14-34-25)8-13-21(23)27(37-24)35-20-11-9-19(10-12-20)29(3,4)5/h6-15,17,26H,16H2,1-5H3,(H,38,39)(H,35,36,37)/t26-/m1/s1. The van der Waals surface area contributed by atoms with Crippen molar-refractivity contribution >= 4 is 28.4 Å². The van der Waals surface area contributed by atoms with Crippen LogP contribution >= 0.6 is 0 Å². The second-order valence-electron chi connectivity index (χ2n) is 10.9. The van der Waals surface area contributed by atoms with Crippen LogP contribution in [0.2, 0.25) is 0 Å². The number of pyridine rings is 1. The fourth-order valence-electron chi connectivity index (χ4n) is 4.25. The second-order valence-corrected chi connectivity index (χ2v) is 10.9. The molecule has 0 aliphatic heterocycles. The maximum absolute atomic E-state index is 13.7. The minimum absolute atomic E-state index is 0.0289. The fraction of sp³-hybridized carbons (Fsp3) is 0.333. The minimum Gasteiger partial charge on any atom is -0.479 e. The highest BCUT2D eigenvalue weighted by molar-refractivity contribution is 5.93. The summed E-state index contributed by atoms with van der Waals surface area (Å²) in [6, 6.07) is 14.8. The van der Waals surface area contributed by atoms with E-state index in [-0.39, 0.29) is 35.0 Å². The van der Waals surface area contributed by atoms with Gasteiger partial charge in [0, 0.05) is 22.8 Å². The summed E-state index contributed by atoms with van der Waals surface area (Å²) in [5.41, 5.74) is 1.38. The van der Waals surface area contributed by atoms with Crippen LogP contribution in [-0.2, 0) is 27.7 Å². The quantitative estimate of drug-likeness (QED) is 0.235. The second kappa shape index (κ2) is 11.2. The molecule has 4 aromatic rings. The van der Waals surface area contributed by atoms with Crippen LogP contribution in [0, 0.1) is 5.92 Å². The SMILES string of the molecule is CC(C)[C@@H](OCc1nc(Nc2ccc(C(C)(C)C)cc2)c2ccc(-c3ncccc3C(F)(F)F)cc2n1)C(=O)O. The Balaban J connectivity index is 1.79. The summed E-state index contributed by atoms with van der Waals surface area (Å²) >= 11 is 0. The average molecular weight is 553 g/mol. The molecule has 0 unspecified atom stereocenters. The fourth-order valence-corrected chi connectivity index (χ4v) is 4.25. The molecule has 0 fully saturated rings. The summed E-state index contributed by atoms with van der Waals surface area (Å²) in [6.07, 6.45) is -4.35. The maximum Gasteiger partial charge on any atom is 0.418 e. The lowest BCUT2D eigenvalue weighted by molar-refractivity contribution is -0.154. The van der Waals surface area contributed by atoms with Crippen molar-refractivity contribution in [2.24, 2.45) is 5.92 Å². The van der Waals surface area contributed by atoms with Gasteiger partial charge in [-0.05, 0) is 53.3 Å². The molecule has 2 aromatic heterocycles. The highest BCUT2D eigenvalue weighted by atomic mass is 19.4. The number of hydrogen-bond acceptors (Lipinski definition) is 6. The van der Waals surface area contributed by atoms with Crippen LogP contribution in [0.25, 0.3) is 22.2 Å². The third kappa shape index (κ3) is 6.56. The molecule has 0 amide bonds. The number of anilines is 2. The van der Waals surface area contributed by atoms with Crippen molar-refractivity contribution in [3.63, 3.8) is 0 Å². The van der Waals surface area contributed by atoms with Crippen molar-refractivity contribution in [1.29, 1.82) is 0 Å². The molecule has 7 nitrogen and oxygen atoms in total. The monoisotopic (exact) mass is 552 g/mol. The van der Waals surface area contributed by atoms with Gasteiger partial charge in [-0.25, -0.2) is 14.8 Å². The van der Waals surface area contributed by atoms with Gasteiger partial charge in [0.25, 0.3) is 0 Å². The molecule has 1 atom stereocenters. The summed E-state index contributed by atoms with van der Waals surface area (Å²) in [6.45, 7) is 9.60. The average Bonchev–Trinajstić information content (AvgIpc) is 2.87. The van der Waals surface area contributed by atoms with Crippen LogP contribution in [0.4, 0.5) is 24.7 Å². The summed E-state index contributed by atoms with van der Waals surface area (Å²) in [5, 5.41) is 13.3. The first-order valence-corrected chi connectivity index (χ1v) is 12.8. The van der Waals surface area contributed by atoms with Crippen LogP contribution in [0.5, 0.6) is 0 Å². The third-order valence-corrected chi connectivity index (χ3v) is 6.38. The smallest absolute Gasteiger partial charge is 0.418 e. The molecule has 10 heteroatoms. The molecule has 4 rings (SSSR count). The lowest BCUT2D eigenvalue weighted by Gasteiger charge is -2.20. The number of carboxylic acid groups (broad SMARTS) is 1. The summed E-state index contributed by atoms with van der Waals surface area (Å²) in [7, 11) is 0. The first-order valence-electron chi connectivity index (χ1n) is 12.8. The van der Waals surface area contributed by atoms with E-state index in [1.807, 2.05) is 24.3 Å². The Morgan fingerprint density at radius 2 is 1.73 bits per heavy atom. The molecule has 0 saturated carbocycles. The number of halogens is 3. The first kappa shape index (κ1) is 28.9. The van der Waals surface area contributed by atoms with Crippen molar-refractivity contribution in [3.05, 3.63) is 77.7 Å². The van der Waals surface area contributed by atoms with Gasteiger partial charge in [-0.2, -0.15) is 13.2 Å². The molecule has 0 aliphatic carbocycles. The molecule has 0 saturated heterocycles. The maximum atomic E-state index is 13.7. The van der Waals surface area contributed by atoms with Crippen LogP contribution in [-0.4, -0.2) is 32.1 Å². The number of nitrogens with zero attached hydrogens (tertiary/aromatic N) is 3. The van der Waals surface area contributed by atoms with Crippen LogP contribution < -0.4 is 5.32 Å². The number of hydrogen-bond donors (Lipinski definition) is 2. The van der Waals surface area contributed by atoms with Crippen molar-refractivity contribution in [2.75, 3.05) is 5.32 Å². The van der Waals surface area contributed by atoms with Gasteiger partial charge >= 0.3 is 12.1 Å². The van der Waals surface area contributed by atoms with E-state index in [0.717, 1.165) is 17.3 Å². The van der Waals surface area contributed by atoms with Crippen molar-refractivity contribution in [3.8, 4) is 11.3 Å². The number of carbonyl (C=O) groups is 1. The Morgan fingerprint density at radius 3 is 2.33 bits per heavy atom. The van der Waals surface area contributed by atoms with E-state index in [1.54, 1.807) is 26.0 Å². The van der Waals surface area contributed by atoms with Crippen LogP contribution in [0.3, 0.4) is 0 Å². The largest absolute Gasteiger partial charge is 0.479 e. The zero-order valence-corrected chi connectivity index (χ0v) is 22.9. The number of nitrogens with one attached hydrogen (secondary N) is 1. The van der Waals surface area contributed by atoms with Gasteiger partial charge in [0.2, 0.25) is 0 Å². The normalized spacial score (nSPS) is 13.0. The Bertz CT molecular complexity index is 1510. The van der Waals surface area contributed by atoms with Crippen molar-refractivity contribution in [2.45, 2.75) is 58.9 Å². The van der Waals surface area contributed by atoms with E-state index in [0.29, 0.717) is 16.7 Å². The number of carboxylic acids is 1. The van der Waals surface area contributed by atoms with E-state index in [4.69, 9.17) is 4.74 Å². The van der Waals surface area contributed by atoms with Gasteiger partial charge in [0.05, 0.1) is 16.8 Å². The van der Waals surface area contributed by atoms with Gasteiger partial charge in [-0.3, -0.25) is 4.98 Å². The van der Waals surface area contributed by atoms with E-state index in [9.17, 15) is 23.1 Å². The minimum atomic E-state index is -4.59. The van der Waals surface area contributed by atoms with Crippen LogP contribution in [0.1, 0.15) is 51.6 Å². The predicted octanol–water partition coefficient (Wildman–Crippen LogP) is 7.38. The van der Waals surface area contributed by atoms with Gasteiger partial charge in [-0.15, -0.1) is 0 Å². The number of rotatable bonds is 8. The molecule has 0 radical (unpaired) electrons. The third-order valence-electron chi connectivity index (χ3n) is 6.38. The van der Waals surface area contributed by atoms with E-state index < -0.39 is 23.8 Å². The highest BCUT2D eigenvalue weighted by Crippen LogP contribution is 2.37. The van der Waals surface area contributed by atoms with Crippen LogP contribution in [0.15, 0.2) is 60.8 Å². The Labute approximate surface area is 230 Å². The molecule has 210 valence electrons. The molecular formula is C30H31F3N4O3. The number of fused-ring (bicyclic) bond motifs is 1. The van der Waals surface area contributed by atoms with E-state index >= 15 is 0 Å². The molecule has 0 spiro atoms. The highest BCUT2D eigenvalue weighted by Gasteiger charge is 2.34. The molecule has 2 N–H and O–H groups in total. The lowest BCUT2D eigenvalue weighted by Crippen LogP contribution is -2.29. The molecule has 0 bridgehead atoms. The van der Waals surface area contributed by atoms with E-state index in [1.165, 1.54) is 18.3 Å². The van der Waals surface area contributed by atoms with Crippen molar-refractivity contribution < 1.29 is 27.8 Å². The molecular weight excluding hydrogens is 521 g/mol. The summed E-state index contributed by atoms with van der Waals surface area (Å²) in [4.78, 5) is 24.7. The summed E-state index contributed by atoms with van der Waals surface area (Å²) < 4.78 is 46.7. The Kier molecular flexibility index (Phi) is 8.11. The van der Waals surface area contributed by atoms with Crippen molar-refractivity contribution in [1.82, 2.24) is 15.0 Å². The topological polar surface area (TPSA) is 97.2 Å². The molecule has 0 aliphatic rings. The predicted molar refractivity (Wildman–Crippen MR) is 147 cm³/mol. The van der Waals surface area contributed by atoms with Gasteiger partial charge in [0.15, 0.2) is 11.9 Å². The van der Waals surface area contributed by atoms with Gasteiger partial charge in [-0.1, -0.05) is 52.8 Å². The number of aliphatic carboxylic acids is 1. The number of ether oxygens (including phenoxy) is 1. The Morgan fingerprint density at radius 1 is 1.02 bits per heavy atom. The van der Waals surface area contributed by atoms with Gasteiger partial charge < -0.3 is 15.2 Å². The first-order chi connectivity index (χ1) is 18.7. The lowest BCUT2D eigenvalue weighted by atomic mass is 9.87. The zero-order valence-electron chi connectivity index (χ0n) is 22.9. The molecule has 40 heavy (non-hydrogen) atoms. The summed E-state index contributed by atoms with van der Waals surface area (Å²) in [5.74, 6) is -0.812. The molecule has 2 aromatic carbocycles. The number of alkyl halides is 3. The number of benzene rings is 2.